The molecule has 0 aromatic carbocycles. The quantitative estimate of drug-likeness (QED) is 0.646. The summed E-state index contributed by atoms with van der Waals surface area (Å²) < 4.78 is 0.772. The van der Waals surface area contributed by atoms with Gasteiger partial charge in [0.05, 0.1) is 10.5 Å². The lowest BCUT2D eigenvalue weighted by Crippen LogP contribution is -2.16. The molecule has 0 radical (unpaired) electrons. The lowest BCUT2D eigenvalue weighted by Gasteiger charge is -2.08. The third kappa shape index (κ3) is 3.51. The van der Waals surface area contributed by atoms with Crippen molar-refractivity contribution >= 4 is 39.2 Å². The van der Waals surface area contributed by atoms with Gasteiger partial charge in [-0.3, -0.25) is 14.9 Å². The molecule has 0 unspecified atom stereocenters. The smallest absolute Gasteiger partial charge is 0.288 e. The minimum Gasteiger partial charge on any atom is -0.372 e. The van der Waals surface area contributed by atoms with E-state index in [1.165, 1.54) is 6.20 Å². The van der Waals surface area contributed by atoms with Gasteiger partial charge in [-0.05, 0) is 28.1 Å². The van der Waals surface area contributed by atoms with Gasteiger partial charge < -0.3 is 10.6 Å². The molecule has 0 aliphatic rings. The van der Waals surface area contributed by atoms with Crippen LogP contribution in [-0.4, -0.2) is 27.8 Å². The molecule has 2 aromatic heterocycles. The molecule has 9 heteroatoms. The number of hydrogen-bond donors (Lipinski definition) is 2. The van der Waals surface area contributed by atoms with Gasteiger partial charge in [-0.15, -0.1) is 0 Å². The van der Waals surface area contributed by atoms with Crippen molar-refractivity contribution in [3.05, 3.63) is 50.7 Å². The van der Waals surface area contributed by atoms with E-state index >= 15 is 0 Å². The molecular formula is C12H10BrN5O3. The van der Waals surface area contributed by atoms with Crippen LogP contribution < -0.4 is 10.6 Å². The fourth-order valence-electron chi connectivity index (χ4n) is 1.56. The molecule has 0 aliphatic heterocycles. The van der Waals surface area contributed by atoms with Crippen molar-refractivity contribution in [2.45, 2.75) is 0 Å². The minimum atomic E-state index is -0.610. The van der Waals surface area contributed by atoms with Crippen molar-refractivity contribution in [3.8, 4) is 0 Å². The monoisotopic (exact) mass is 351 g/mol. The topological polar surface area (TPSA) is 110 Å². The van der Waals surface area contributed by atoms with Crippen molar-refractivity contribution in [1.29, 1.82) is 0 Å². The molecule has 2 N–H and O–H groups in total. The highest BCUT2D eigenvalue weighted by molar-refractivity contribution is 9.10. The minimum absolute atomic E-state index is 0.0661. The molecule has 2 rings (SSSR count). The van der Waals surface area contributed by atoms with Gasteiger partial charge in [0.15, 0.2) is 0 Å². The molecule has 0 bridgehead atoms. The first-order valence-corrected chi connectivity index (χ1v) is 6.55. The van der Waals surface area contributed by atoms with E-state index in [9.17, 15) is 14.9 Å². The fraction of sp³-hybridized carbons (Fsp3) is 0.0833. The molecule has 2 aromatic rings. The van der Waals surface area contributed by atoms with Crippen LogP contribution >= 0.6 is 15.9 Å². The van der Waals surface area contributed by atoms with Gasteiger partial charge in [-0.2, -0.15) is 0 Å². The summed E-state index contributed by atoms with van der Waals surface area (Å²) in [5.74, 6) is 0.0392. The number of amides is 1. The van der Waals surface area contributed by atoms with Crippen LogP contribution in [0.15, 0.2) is 35.1 Å². The predicted molar refractivity (Wildman–Crippen MR) is 80.3 cm³/mol. The van der Waals surface area contributed by atoms with E-state index in [-0.39, 0.29) is 17.1 Å². The summed E-state index contributed by atoms with van der Waals surface area (Å²) in [6.07, 6.45) is 2.61. The number of aromatic nitrogens is 2. The standard InChI is InChI=1S/C12H10BrN5O3/c1-14-11-9(4-8(6-16-11)18(20)21)12(19)17-10-3-2-7(13)5-15-10/h2-6H,1H3,(H,14,16)(H,15,17,19). The number of halogens is 1. The second-order valence-electron chi connectivity index (χ2n) is 3.91. The third-order valence-electron chi connectivity index (χ3n) is 2.53. The van der Waals surface area contributed by atoms with Crippen LogP contribution in [-0.2, 0) is 0 Å². The van der Waals surface area contributed by atoms with Crippen LogP contribution in [0.25, 0.3) is 0 Å². The summed E-state index contributed by atoms with van der Waals surface area (Å²) in [6, 6.07) is 4.48. The van der Waals surface area contributed by atoms with Crippen molar-refractivity contribution in [2.24, 2.45) is 0 Å². The first kappa shape index (κ1) is 14.9. The van der Waals surface area contributed by atoms with E-state index < -0.39 is 10.8 Å². The largest absolute Gasteiger partial charge is 0.372 e. The average Bonchev–Trinajstić information content (AvgIpc) is 2.48. The third-order valence-corrected chi connectivity index (χ3v) is 3.00. The molecule has 108 valence electrons. The maximum Gasteiger partial charge on any atom is 0.288 e. The Morgan fingerprint density at radius 3 is 2.67 bits per heavy atom. The Bertz CT molecular complexity index is 690. The molecule has 21 heavy (non-hydrogen) atoms. The van der Waals surface area contributed by atoms with Gasteiger partial charge in [-0.1, -0.05) is 0 Å². The molecular weight excluding hydrogens is 342 g/mol. The SMILES string of the molecule is CNc1ncc([N+](=O)[O-])cc1C(=O)Nc1ccc(Br)cn1. The lowest BCUT2D eigenvalue weighted by molar-refractivity contribution is -0.385. The Balaban J connectivity index is 2.30. The number of pyridine rings is 2. The van der Waals surface area contributed by atoms with Crippen molar-refractivity contribution < 1.29 is 9.72 Å². The normalized spacial score (nSPS) is 10.0. The number of nitrogens with one attached hydrogen (secondary N) is 2. The maximum absolute atomic E-state index is 12.2. The van der Waals surface area contributed by atoms with Gasteiger partial charge >= 0.3 is 0 Å². The molecule has 0 saturated carbocycles. The number of rotatable bonds is 4. The van der Waals surface area contributed by atoms with Crippen LogP contribution in [0.4, 0.5) is 17.3 Å². The van der Waals surface area contributed by atoms with Crippen molar-refractivity contribution in [2.75, 3.05) is 17.7 Å². The summed E-state index contributed by atoms with van der Waals surface area (Å²) in [5.41, 5.74) is -0.195. The Morgan fingerprint density at radius 1 is 1.33 bits per heavy atom. The van der Waals surface area contributed by atoms with Crippen LogP contribution in [0.5, 0.6) is 0 Å². The second-order valence-corrected chi connectivity index (χ2v) is 4.83. The zero-order chi connectivity index (χ0) is 15.4. The van der Waals surface area contributed by atoms with E-state index in [4.69, 9.17) is 0 Å². The summed E-state index contributed by atoms with van der Waals surface area (Å²) in [4.78, 5) is 30.2. The van der Waals surface area contributed by atoms with Crippen LogP contribution in [0.2, 0.25) is 0 Å². The van der Waals surface area contributed by atoms with Gasteiger partial charge in [0.25, 0.3) is 11.6 Å². The van der Waals surface area contributed by atoms with E-state index in [1.807, 2.05) is 0 Å². The van der Waals surface area contributed by atoms with Crippen molar-refractivity contribution in [3.63, 3.8) is 0 Å². The van der Waals surface area contributed by atoms with Gasteiger partial charge in [0, 0.05) is 23.8 Å². The highest BCUT2D eigenvalue weighted by atomic mass is 79.9. The molecule has 0 saturated heterocycles. The maximum atomic E-state index is 12.2. The Kier molecular flexibility index (Phi) is 4.43. The molecule has 8 nitrogen and oxygen atoms in total. The van der Waals surface area contributed by atoms with Gasteiger partial charge in [-0.25, -0.2) is 9.97 Å². The van der Waals surface area contributed by atoms with E-state index in [0.29, 0.717) is 5.82 Å². The summed E-state index contributed by atoms with van der Waals surface area (Å²) >= 11 is 3.23. The van der Waals surface area contributed by atoms with Crippen molar-refractivity contribution in [1.82, 2.24) is 9.97 Å². The second kappa shape index (κ2) is 6.27. The number of carbonyl (C=O) groups excluding carboxylic acids is 1. The number of nitro groups is 1. The van der Waals surface area contributed by atoms with E-state index in [0.717, 1.165) is 16.7 Å². The average molecular weight is 352 g/mol. The highest BCUT2D eigenvalue weighted by Crippen LogP contribution is 2.20. The summed E-state index contributed by atoms with van der Waals surface area (Å²) in [6.45, 7) is 0. The van der Waals surface area contributed by atoms with E-state index in [2.05, 4.69) is 36.5 Å². The zero-order valence-electron chi connectivity index (χ0n) is 10.8. The predicted octanol–water partition coefficient (Wildman–Crippen LogP) is 2.44. The molecule has 0 spiro atoms. The van der Waals surface area contributed by atoms with E-state index in [1.54, 1.807) is 19.2 Å². The van der Waals surface area contributed by atoms with Crippen LogP contribution in [0.1, 0.15) is 10.4 Å². The van der Waals surface area contributed by atoms with Crippen LogP contribution in [0.3, 0.4) is 0 Å². The number of hydrogen-bond acceptors (Lipinski definition) is 6. The van der Waals surface area contributed by atoms with Gasteiger partial charge in [0.1, 0.15) is 17.8 Å². The number of nitrogens with zero attached hydrogens (tertiary/aromatic N) is 3. The first-order valence-electron chi connectivity index (χ1n) is 5.76. The Morgan fingerprint density at radius 2 is 2.10 bits per heavy atom. The highest BCUT2D eigenvalue weighted by Gasteiger charge is 2.18. The summed E-state index contributed by atoms with van der Waals surface area (Å²) in [5, 5.41) is 16.0. The molecule has 0 aliphatic carbocycles. The number of anilines is 2. The molecule has 1 amide bonds. The van der Waals surface area contributed by atoms with Gasteiger partial charge in [0.2, 0.25) is 0 Å². The Labute approximate surface area is 127 Å². The number of carbonyl (C=O) groups is 1. The zero-order valence-corrected chi connectivity index (χ0v) is 12.4. The van der Waals surface area contributed by atoms with Crippen LogP contribution in [0, 0.1) is 10.1 Å². The molecule has 2 heterocycles. The molecule has 0 fully saturated rings. The first-order chi connectivity index (χ1) is 10.0. The lowest BCUT2D eigenvalue weighted by atomic mass is 10.2. The summed E-state index contributed by atoms with van der Waals surface area (Å²) in [7, 11) is 1.57. The fourth-order valence-corrected chi connectivity index (χ4v) is 1.79. The molecule has 0 atom stereocenters. The Hall–Kier alpha value is -2.55.